The molecular formula is C15H20FNO2. The summed E-state index contributed by atoms with van der Waals surface area (Å²) in [5.74, 6) is -0.544. The van der Waals surface area contributed by atoms with E-state index in [1.54, 1.807) is 0 Å². The maximum absolute atomic E-state index is 13.6. The van der Waals surface area contributed by atoms with E-state index in [0.717, 1.165) is 18.8 Å². The van der Waals surface area contributed by atoms with Crippen LogP contribution < -0.4 is 5.32 Å². The molecule has 0 aliphatic heterocycles. The molecule has 3 nitrogen and oxygen atoms in total. The number of benzene rings is 1. The van der Waals surface area contributed by atoms with E-state index in [2.05, 4.69) is 12.2 Å². The van der Waals surface area contributed by atoms with Crippen molar-refractivity contribution < 1.29 is 14.3 Å². The molecule has 1 aromatic carbocycles. The molecule has 1 fully saturated rings. The van der Waals surface area contributed by atoms with E-state index in [9.17, 15) is 9.18 Å². The minimum atomic E-state index is -1.02. The summed E-state index contributed by atoms with van der Waals surface area (Å²) in [6.07, 6.45) is 4.76. The summed E-state index contributed by atoms with van der Waals surface area (Å²) >= 11 is 0. The Bertz CT molecular complexity index is 457. The van der Waals surface area contributed by atoms with Crippen LogP contribution in [0.15, 0.2) is 18.2 Å². The van der Waals surface area contributed by atoms with E-state index in [0.29, 0.717) is 18.2 Å². The molecule has 1 saturated carbocycles. The summed E-state index contributed by atoms with van der Waals surface area (Å²) in [6.45, 7) is 2.50. The standard InChI is InChI=1S/C15H20FNO2/c1-2-13(7-10-3-4-10)17-9-12-8-11(15(18)19)5-6-14(12)16/h5-6,8,10,13,17H,2-4,7,9H2,1H3,(H,18,19). The molecule has 0 aromatic heterocycles. The van der Waals surface area contributed by atoms with Crippen molar-refractivity contribution in [2.24, 2.45) is 5.92 Å². The van der Waals surface area contributed by atoms with E-state index in [1.807, 2.05) is 0 Å². The Hall–Kier alpha value is -1.42. The van der Waals surface area contributed by atoms with Crippen LogP contribution in [0, 0.1) is 11.7 Å². The maximum Gasteiger partial charge on any atom is 0.335 e. The minimum Gasteiger partial charge on any atom is -0.478 e. The number of rotatable bonds is 7. The molecule has 0 spiro atoms. The Morgan fingerprint density at radius 3 is 2.84 bits per heavy atom. The summed E-state index contributed by atoms with van der Waals surface area (Å²) in [7, 11) is 0. The van der Waals surface area contributed by atoms with Gasteiger partial charge in [-0.05, 0) is 37.0 Å². The summed E-state index contributed by atoms with van der Waals surface area (Å²) in [5.41, 5.74) is 0.558. The van der Waals surface area contributed by atoms with Crippen molar-refractivity contribution in [3.63, 3.8) is 0 Å². The van der Waals surface area contributed by atoms with Gasteiger partial charge in [0, 0.05) is 18.2 Å². The number of hydrogen-bond donors (Lipinski definition) is 2. The minimum absolute atomic E-state index is 0.133. The molecule has 1 atom stereocenters. The number of carbonyl (C=O) groups is 1. The molecule has 0 saturated heterocycles. The van der Waals surface area contributed by atoms with Crippen molar-refractivity contribution in [3.05, 3.63) is 35.1 Å². The van der Waals surface area contributed by atoms with Gasteiger partial charge in [-0.15, -0.1) is 0 Å². The third-order valence-corrected chi connectivity index (χ3v) is 3.68. The molecule has 2 N–H and O–H groups in total. The van der Waals surface area contributed by atoms with Gasteiger partial charge in [0.05, 0.1) is 5.56 Å². The van der Waals surface area contributed by atoms with Crippen LogP contribution >= 0.6 is 0 Å². The fourth-order valence-electron chi connectivity index (χ4n) is 2.25. The van der Waals surface area contributed by atoms with E-state index < -0.39 is 5.97 Å². The Morgan fingerprint density at radius 2 is 2.26 bits per heavy atom. The maximum atomic E-state index is 13.6. The normalized spacial score (nSPS) is 16.3. The van der Waals surface area contributed by atoms with Gasteiger partial charge in [0.15, 0.2) is 0 Å². The number of nitrogens with one attached hydrogen (secondary N) is 1. The highest BCUT2D eigenvalue weighted by Gasteiger charge is 2.24. The third kappa shape index (κ3) is 4.03. The zero-order valence-electron chi connectivity index (χ0n) is 11.2. The van der Waals surface area contributed by atoms with Gasteiger partial charge in [0.25, 0.3) is 0 Å². The highest BCUT2D eigenvalue weighted by Crippen LogP contribution is 2.34. The Balaban J connectivity index is 1.96. The van der Waals surface area contributed by atoms with Crippen LogP contribution in [0.25, 0.3) is 0 Å². The monoisotopic (exact) mass is 265 g/mol. The molecule has 4 heteroatoms. The molecule has 2 rings (SSSR count). The van der Waals surface area contributed by atoms with Crippen LogP contribution in [0.2, 0.25) is 0 Å². The van der Waals surface area contributed by atoms with Crippen molar-refractivity contribution in [2.75, 3.05) is 0 Å². The predicted octanol–water partition coefficient (Wildman–Crippen LogP) is 3.19. The molecular weight excluding hydrogens is 245 g/mol. The molecule has 1 aliphatic carbocycles. The largest absolute Gasteiger partial charge is 0.478 e. The van der Waals surface area contributed by atoms with Gasteiger partial charge >= 0.3 is 5.97 Å². The van der Waals surface area contributed by atoms with Crippen molar-refractivity contribution >= 4 is 5.97 Å². The van der Waals surface area contributed by atoms with Gasteiger partial charge < -0.3 is 10.4 Å². The number of hydrogen-bond acceptors (Lipinski definition) is 2. The van der Waals surface area contributed by atoms with Crippen LogP contribution in [0.5, 0.6) is 0 Å². The van der Waals surface area contributed by atoms with Crippen molar-refractivity contribution in [1.29, 1.82) is 0 Å². The second-order valence-corrected chi connectivity index (χ2v) is 5.28. The first-order valence-corrected chi connectivity index (χ1v) is 6.85. The number of aromatic carboxylic acids is 1. The second kappa shape index (κ2) is 6.15. The number of halogens is 1. The number of carboxylic acids is 1. The first-order valence-electron chi connectivity index (χ1n) is 6.85. The van der Waals surface area contributed by atoms with Gasteiger partial charge in [-0.3, -0.25) is 0 Å². The van der Waals surface area contributed by atoms with Crippen molar-refractivity contribution in [3.8, 4) is 0 Å². The lowest BCUT2D eigenvalue weighted by atomic mass is 10.1. The SMILES string of the molecule is CCC(CC1CC1)NCc1cc(C(=O)O)ccc1F. The lowest BCUT2D eigenvalue weighted by molar-refractivity contribution is 0.0696. The van der Waals surface area contributed by atoms with Crippen LogP contribution in [0.4, 0.5) is 4.39 Å². The van der Waals surface area contributed by atoms with Gasteiger partial charge in [0.2, 0.25) is 0 Å². The summed E-state index contributed by atoms with van der Waals surface area (Å²) in [6, 6.07) is 4.32. The van der Waals surface area contributed by atoms with Gasteiger partial charge in [0.1, 0.15) is 5.82 Å². The van der Waals surface area contributed by atoms with E-state index in [4.69, 9.17) is 5.11 Å². The lowest BCUT2D eigenvalue weighted by Crippen LogP contribution is -2.28. The predicted molar refractivity (Wildman–Crippen MR) is 71.6 cm³/mol. The highest BCUT2D eigenvalue weighted by molar-refractivity contribution is 5.87. The van der Waals surface area contributed by atoms with E-state index in [-0.39, 0.29) is 11.4 Å². The molecule has 0 amide bonds. The lowest BCUT2D eigenvalue weighted by Gasteiger charge is -2.17. The fraction of sp³-hybridized carbons (Fsp3) is 0.533. The van der Waals surface area contributed by atoms with Gasteiger partial charge in [-0.1, -0.05) is 19.8 Å². The van der Waals surface area contributed by atoms with Crippen LogP contribution in [-0.4, -0.2) is 17.1 Å². The molecule has 1 aromatic rings. The number of carboxylic acid groups (broad SMARTS) is 1. The third-order valence-electron chi connectivity index (χ3n) is 3.68. The summed E-state index contributed by atoms with van der Waals surface area (Å²) in [4.78, 5) is 10.9. The summed E-state index contributed by atoms with van der Waals surface area (Å²) in [5, 5.41) is 12.2. The molecule has 19 heavy (non-hydrogen) atoms. The van der Waals surface area contributed by atoms with E-state index in [1.165, 1.54) is 31.0 Å². The fourth-order valence-corrected chi connectivity index (χ4v) is 2.25. The molecule has 0 bridgehead atoms. The zero-order chi connectivity index (χ0) is 13.8. The molecule has 0 radical (unpaired) electrons. The Labute approximate surface area is 112 Å². The first-order chi connectivity index (χ1) is 9.10. The molecule has 1 unspecified atom stereocenters. The van der Waals surface area contributed by atoms with Crippen molar-refractivity contribution in [1.82, 2.24) is 5.32 Å². The van der Waals surface area contributed by atoms with Crippen LogP contribution in [-0.2, 0) is 6.54 Å². The summed E-state index contributed by atoms with van der Waals surface area (Å²) < 4.78 is 13.6. The molecule has 1 aliphatic rings. The van der Waals surface area contributed by atoms with E-state index >= 15 is 0 Å². The first kappa shape index (κ1) is 14.0. The van der Waals surface area contributed by atoms with Gasteiger partial charge in [-0.2, -0.15) is 0 Å². The smallest absolute Gasteiger partial charge is 0.335 e. The highest BCUT2D eigenvalue weighted by atomic mass is 19.1. The average molecular weight is 265 g/mol. The second-order valence-electron chi connectivity index (χ2n) is 5.28. The average Bonchev–Trinajstić information content (AvgIpc) is 3.19. The quantitative estimate of drug-likeness (QED) is 0.796. The van der Waals surface area contributed by atoms with Crippen LogP contribution in [0.1, 0.15) is 48.5 Å². The molecule has 0 heterocycles. The Morgan fingerprint density at radius 1 is 1.53 bits per heavy atom. The zero-order valence-corrected chi connectivity index (χ0v) is 11.2. The molecule has 104 valence electrons. The van der Waals surface area contributed by atoms with Crippen molar-refractivity contribution in [2.45, 2.75) is 45.2 Å². The van der Waals surface area contributed by atoms with Crippen LogP contribution in [0.3, 0.4) is 0 Å². The Kier molecular flexibility index (Phi) is 4.53. The topological polar surface area (TPSA) is 49.3 Å². The van der Waals surface area contributed by atoms with Gasteiger partial charge in [-0.25, -0.2) is 9.18 Å².